The van der Waals surface area contributed by atoms with E-state index in [2.05, 4.69) is 15.5 Å². The van der Waals surface area contributed by atoms with Crippen LogP contribution in [0.1, 0.15) is 13.8 Å². The van der Waals surface area contributed by atoms with E-state index >= 15 is 0 Å². The second kappa shape index (κ2) is 7.83. The number of carbonyl (C=O) groups is 1. The summed E-state index contributed by atoms with van der Waals surface area (Å²) in [5.74, 6) is 1.11. The summed E-state index contributed by atoms with van der Waals surface area (Å²) in [5, 5.41) is 12.3. The first-order chi connectivity index (χ1) is 12.1. The van der Waals surface area contributed by atoms with Crippen molar-refractivity contribution >= 4 is 17.7 Å². The largest absolute Gasteiger partial charge is 0.497 e. The van der Waals surface area contributed by atoms with Gasteiger partial charge in [-0.15, -0.1) is 5.10 Å². The summed E-state index contributed by atoms with van der Waals surface area (Å²) < 4.78 is 12.4. The van der Waals surface area contributed by atoms with Gasteiger partial charge in [-0.2, -0.15) is 4.68 Å². The number of aromatic nitrogens is 4. The van der Waals surface area contributed by atoms with Crippen molar-refractivity contribution in [3.63, 3.8) is 0 Å². The minimum Gasteiger partial charge on any atom is -0.497 e. The molecule has 2 atom stereocenters. The first-order valence-electron chi connectivity index (χ1n) is 8.05. The first-order valence-corrected chi connectivity index (χ1v) is 9.04. The molecule has 0 unspecified atom stereocenters. The van der Waals surface area contributed by atoms with Crippen molar-refractivity contribution in [2.45, 2.75) is 31.2 Å². The van der Waals surface area contributed by atoms with Crippen molar-refractivity contribution in [1.29, 1.82) is 0 Å². The van der Waals surface area contributed by atoms with Crippen LogP contribution in [0.15, 0.2) is 29.4 Å². The fourth-order valence-electron chi connectivity index (χ4n) is 2.75. The molecule has 1 aliphatic rings. The van der Waals surface area contributed by atoms with E-state index in [1.807, 2.05) is 43.0 Å². The zero-order valence-corrected chi connectivity index (χ0v) is 15.3. The second-order valence-electron chi connectivity index (χ2n) is 5.92. The van der Waals surface area contributed by atoms with Crippen LogP contribution in [-0.4, -0.2) is 69.2 Å². The minimum absolute atomic E-state index is 0.0577. The van der Waals surface area contributed by atoms with Crippen LogP contribution >= 0.6 is 11.8 Å². The zero-order valence-electron chi connectivity index (χ0n) is 14.5. The van der Waals surface area contributed by atoms with Gasteiger partial charge in [0.25, 0.3) is 0 Å². The van der Waals surface area contributed by atoms with Crippen molar-refractivity contribution in [2.75, 3.05) is 26.0 Å². The Morgan fingerprint density at radius 2 is 1.96 bits per heavy atom. The second-order valence-corrected chi connectivity index (χ2v) is 6.86. The van der Waals surface area contributed by atoms with E-state index in [1.54, 1.807) is 11.8 Å². The minimum atomic E-state index is 0.0577. The molecule has 0 saturated carbocycles. The Kier molecular flexibility index (Phi) is 5.54. The molecule has 0 spiro atoms. The molecule has 1 saturated heterocycles. The number of carbonyl (C=O) groups excluding carboxylic acids is 1. The van der Waals surface area contributed by atoms with Crippen molar-refractivity contribution < 1.29 is 14.3 Å². The number of methoxy groups -OCH3 is 1. The van der Waals surface area contributed by atoms with E-state index in [0.717, 1.165) is 11.4 Å². The lowest BCUT2D eigenvalue weighted by molar-refractivity contribution is -0.140. The molecule has 1 aliphatic heterocycles. The number of amides is 1. The fraction of sp³-hybridized carbons (Fsp3) is 0.500. The summed E-state index contributed by atoms with van der Waals surface area (Å²) >= 11 is 1.33. The molecule has 2 heterocycles. The van der Waals surface area contributed by atoms with Crippen LogP contribution in [0.4, 0.5) is 0 Å². The lowest BCUT2D eigenvalue weighted by Gasteiger charge is -2.35. The normalized spacial score (nSPS) is 20.5. The molecule has 0 radical (unpaired) electrons. The van der Waals surface area contributed by atoms with Gasteiger partial charge in [0, 0.05) is 13.1 Å². The van der Waals surface area contributed by atoms with Gasteiger partial charge < -0.3 is 14.4 Å². The molecule has 0 N–H and O–H groups in total. The summed E-state index contributed by atoms with van der Waals surface area (Å²) in [4.78, 5) is 14.3. The molecule has 1 aromatic carbocycles. The van der Waals surface area contributed by atoms with Gasteiger partial charge in [-0.3, -0.25) is 4.79 Å². The molecular weight excluding hydrogens is 342 g/mol. The van der Waals surface area contributed by atoms with Gasteiger partial charge in [-0.05, 0) is 48.5 Å². The number of thioether (sulfide) groups is 1. The molecule has 2 aromatic rings. The average Bonchev–Trinajstić information content (AvgIpc) is 3.07. The average molecular weight is 363 g/mol. The van der Waals surface area contributed by atoms with Crippen LogP contribution in [0, 0.1) is 0 Å². The molecule has 25 heavy (non-hydrogen) atoms. The fourth-order valence-corrected chi connectivity index (χ4v) is 3.55. The molecular formula is C16H21N5O3S. The number of nitrogens with zero attached hydrogens (tertiary/aromatic N) is 5. The predicted octanol–water partition coefficient (Wildman–Crippen LogP) is 1.40. The molecule has 1 amide bonds. The molecule has 3 rings (SSSR count). The van der Waals surface area contributed by atoms with Crippen molar-refractivity contribution in [2.24, 2.45) is 0 Å². The van der Waals surface area contributed by atoms with Gasteiger partial charge in [0.2, 0.25) is 11.1 Å². The summed E-state index contributed by atoms with van der Waals surface area (Å²) in [6.07, 6.45) is 0.115. The Morgan fingerprint density at radius 3 is 2.60 bits per heavy atom. The first kappa shape index (κ1) is 17.7. The van der Waals surface area contributed by atoms with E-state index in [1.165, 1.54) is 11.8 Å². The van der Waals surface area contributed by atoms with Gasteiger partial charge in [-0.1, -0.05) is 11.8 Å². The van der Waals surface area contributed by atoms with Crippen molar-refractivity contribution in [3.05, 3.63) is 24.3 Å². The maximum Gasteiger partial charge on any atom is 0.233 e. The Bertz CT molecular complexity index is 711. The zero-order chi connectivity index (χ0) is 17.8. The standard InChI is InChI=1S/C16H21N5O3S/c1-11-8-20(9-12(2)24-11)15(22)10-25-16-17-18-19-21(16)13-4-6-14(23-3)7-5-13/h4-7,11-12H,8-10H2,1-3H3/t11-,12+. The Hall–Kier alpha value is -2.13. The number of benzene rings is 1. The Morgan fingerprint density at radius 1 is 1.28 bits per heavy atom. The van der Waals surface area contributed by atoms with E-state index < -0.39 is 0 Å². The molecule has 1 aromatic heterocycles. The lowest BCUT2D eigenvalue weighted by Crippen LogP contribution is -2.48. The van der Waals surface area contributed by atoms with Crippen LogP contribution in [0.25, 0.3) is 5.69 Å². The predicted molar refractivity (Wildman–Crippen MR) is 93.0 cm³/mol. The SMILES string of the molecule is COc1ccc(-n2nnnc2SCC(=O)N2C[C@@H](C)O[C@@H](C)C2)cc1. The molecule has 0 bridgehead atoms. The maximum absolute atomic E-state index is 12.5. The molecule has 1 fully saturated rings. The summed E-state index contributed by atoms with van der Waals surface area (Å²) in [6.45, 7) is 5.20. The molecule has 9 heteroatoms. The van der Waals surface area contributed by atoms with E-state index in [4.69, 9.17) is 9.47 Å². The summed E-state index contributed by atoms with van der Waals surface area (Å²) in [5.41, 5.74) is 0.814. The van der Waals surface area contributed by atoms with Gasteiger partial charge in [-0.25, -0.2) is 0 Å². The Labute approximate surface area is 150 Å². The van der Waals surface area contributed by atoms with Gasteiger partial charge >= 0.3 is 0 Å². The highest BCUT2D eigenvalue weighted by molar-refractivity contribution is 7.99. The van der Waals surface area contributed by atoms with Gasteiger partial charge in [0.05, 0.1) is 30.8 Å². The number of ether oxygens (including phenoxy) is 2. The summed E-state index contributed by atoms with van der Waals surface area (Å²) in [7, 11) is 1.62. The third-order valence-corrected chi connectivity index (χ3v) is 4.76. The van der Waals surface area contributed by atoms with Crippen LogP contribution in [0.3, 0.4) is 0 Å². The van der Waals surface area contributed by atoms with Crippen LogP contribution < -0.4 is 4.74 Å². The molecule has 134 valence electrons. The van der Waals surface area contributed by atoms with Crippen LogP contribution in [0.2, 0.25) is 0 Å². The molecule has 0 aliphatic carbocycles. The summed E-state index contributed by atoms with van der Waals surface area (Å²) in [6, 6.07) is 7.42. The quantitative estimate of drug-likeness (QED) is 0.743. The van der Waals surface area contributed by atoms with E-state index in [-0.39, 0.29) is 23.9 Å². The smallest absolute Gasteiger partial charge is 0.233 e. The van der Waals surface area contributed by atoms with Crippen LogP contribution in [-0.2, 0) is 9.53 Å². The Balaban J connectivity index is 1.64. The highest BCUT2D eigenvalue weighted by atomic mass is 32.2. The maximum atomic E-state index is 12.5. The molecule has 8 nitrogen and oxygen atoms in total. The van der Waals surface area contributed by atoms with E-state index in [0.29, 0.717) is 18.2 Å². The highest BCUT2D eigenvalue weighted by Crippen LogP contribution is 2.21. The number of hydrogen-bond donors (Lipinski definition) is 0. The highest BCUT2D eigenvalue weighted by Gasteiger charge is 2.26. The van der Waals surface area contributed by atoms with Gasteiger partial charge in [0.15, 0.2) is 0 Å². The third-order valence-electron chi connectivity index (χ3n) is 3.85. The number of tetrazole rings is 1. The lowest BCUT2D eigenvalue weighted by atomic mass is 10.2. The van der Waals surface area contributed by atoms with E-state index in [9.17, 15) is 4.79 Å². The van der Waals surface area contributed by atoms with Crippen molar-refractivity contribution in [3.8, 4) is 11.4 Å². The number of morpholine rings is 1. The van der Waals surface area contributed by atoms with Crippen molar-refractivity contribution in [1.82, 2.24) is 25.1 Å². The number of rotatable bonds is 5. The number of hydrogen-bond acceptors (Lipinski definition) is 7. The topological polar surface area (TPSA) is 82.4 Å². The third kappa shape index (κ3) is 4.29. The van der Waals surface area contributed by atoms with Gasteiger partial charge in [0.1, 0.15) is 5.75 Å². The monoisotopic (exact) mass is 363 g/mol. The van der Waals surface area contributed by atoms with Crippen LogP contribution in [0.5, 0.6) is 5.75 Å².